The van der Waals surface area contributed by atoms with E-state index in [1.807, 2.05) is 5.38 Å². The quantitative estimate of drug-likeness (QED) is 0.192. The fraction of sp³-hybridized carbons (Fsp3) is 0.0870. The van der Waals surface area contributed by atoms with Crippen molar-refractivity contribution < 1.29 is 4.39 Å². The van der Waals surface area contributed by atoms with E-state index in [0.717, 1.165) is 37.8 Å². The molecule has 2 aromatic carbocycles. The van der Waals surface area contributed by atoms with Crippen LogP contribution in [0.1, 0.15) is 11.1 Å². The first-order chi connectivity index (χ1) is 16.5. The van der Waals surface area contributed by atoms with E-state index in [2.05, 4.69) is 56.5 Å². The Morgan fingerprint density at radius 3 is 2.59 bits per heavy atom. The molecule has 0 aliphatic heterocycles. The maximum atomic E-state index is 13.1. The Morgan fingerprint density at radius 2 is 1.82 bits per heavy atom. The van der Waals surface area contributed by atoms with E-state index in [1.165, 1.54) is 29.8 Å². The lowest BCUT2D eigenvalue weighted by molar-refractivity contribution is 0.628. The summed E-state index contributed by atoms with van der Waals surface area (Å²) in [6.45, 7) is 4.15. The number of fused-ring (bicyclic) bond motifs is 1. The molecular formula is C23H18FN7S3. The number of thiazole rings is 1. The number of imidazole rings is 1. The van der Waals surface area contributed by atoms with Crippen LogP contribution < -0.4 is 10.6 Å². The molecule has 0 radical (unpaired) electrons. The van der Waals surface area contributed by atoms with Crippen molar-refractivity contribution in [3.05, 3.63) is 71.4 Å². The van der Waals surface area contributed by atoms with E-state index in [0.29, 0.717) is 21.6 Å². The van der Waals surface area contributed by atoms with Gasteiger partial charge in [-0.2, -0.15) is 0 Å². The molecule has 170 valence electrons. The van der Waals surface area contributed by atoms with Crippen molar-refractivity contribution in [3.8, 4) is 11.3 Å². The van der Waals surface area contributed by atoms with Crippen LogP contribution in [0.5, 0.6) is 0 Å². The van der Waals surface area contributed by atoms with Gasteiger partial charge in [-0.15, -0.1) is 11.3 Å². The molecule has 3 heterocycles. The number of benzene rings is 2. The first-order valence-electron chi connectivity index (χ1n) is 10.2. The molecule has 3 aromatic heterocycles. The second-order valence-corrected chi connectivity index (χ2v) is 9.77. The van der Waals surface area contributed by atoms with Crippen molar-refractivity contribution in [2.75, 3.05) is 10.6 Å². The van der Waals surface area contributed by atoms with Crippen molar-refractivity contribution in [2.24, 2.45) is 0 Å². The standard InChI is InChI=1S/C23H18FN7S3/c1-12-7-16(34-21-19-20(26-10-25-19)27-11-28-21)8-13(2)18(12)17-9-33-23(30-17)31-22(32)29-15-5-3-14(24)4-6-15/h3-11H,1-2H3,(H,25,26,27,28)(H2,29,30,31,32). The summed E-state index contributed by atoms with van der Waals surface area (Å²) in [5, 5.41) is 10.0. The highest BCUT2D eigenvalue weighted by Gasteiger charge is 2.14. The molecule has 7 nitrogen and oxygen atoms in total. The Bertz CT molecular complexity index is 1470. The van der Waals surface area contributed by atoms with Crippen molar-refractivity contribution in [1.82, 2.24) is 24.9 Å². The number of hydrogen-bond acceptors (Lipinski definition) is 7. The van der Waals surface area contributed by atoms with Gasteiger partial charge in [0.25, 0.3) is 0 Å². The summed E-state index contributed by atoms with van der Waals surface area (Å²) in [7, 11) is 0. The lowest BCUT2D eigenvalue weighted by Crippen LogP contribution is -2.18. The molecule has 0 atom stereocenters. The van der Waals surface area contributed by atoms with Crippen molar-refractivity contribution >= 4 is 62.4 Å². The Hall–Kier alpha value is -3.41. The minimum Gasteiger partial charge on any atom is -0.341 e. The lowest BCUT2D eigenvalue weighted by atomic mass is 10.0. The molecule has 0 bridgehead atoms. The number of aryl methyl sites for hydroxylation is 2. The molecule has 0 aliphatic carbocycles. The number of halogens is 1. The SMILES string of the molecule is Cc1cc(Sc2ncnc3nc[nH]c23)cc(C)c1-c1csc(NC(=S)Nc2ccc(F)cc2)n1. The third kappa shape index (κ3) is 4.76. The van der Waals surface area contributed by atoms with E-state index in [4.69, 9.17) is 17.2 Å². The van der Waals surface area contributed by atoms with Crippen LogP contribution >= 0.6 is 35.3 Å². The van der Waals surface area contributed by atoms with E-state index in [-0.39, 0.29) is 5.82 Å². The molecule has 0 unspecified atom stereocenters. The predicted octanol–water partition coefficient (Wildman–Crippen LogP) is 6.19. The first-order valence-corrected chi connectivity index (χ1v) is 12.3. The van der Waals surface area contributed by atoms with Crippen LogP contribution in [0.15, 0.2) is 64.4 Å². The van der Waals surface area contributed by atoms with Gasteiger partial charge in [0.1, 0.15) is 22.7 Å². The zero-order valence-corrected chi connectivity index (χ0v) is 20.5. The van der Waals surface area contributed by atoms with Gasteiger partial charge in [0.05, 0.1) is 12.0 Å². The van der Waals surface area contributed by atoms with Gasteiger partial charge in [-0.25, -0.2) is 24.3 Å². The molecule has 5 rings (SSSR count). The van der Waals surface area contributed by atoms with Gasteiger partial charge in [-0.1, -0.05) is 11.8 Å². The van der Waals surface area contributed by atoms with Gasteiger partial charge in [0.15, 0.2) is 15.9 Å². The van der Waals surface area contributed by atoms with Gasteiger partial charge < -0.3 is 15.6 Å². The molecule has 3 N–H and O–H groups in total. The highest BCUT2D eigenvalue weighted by Crippen LogP contribution is 2.36. The topological polar surface area (TPSA) is 91.4 Å². The summed E-state index contributed by atoms with van der Waals surface area (Å²) in [5.74, 6) is -0.296. The van der Waals surface area contributed by atoms with E-state index in [1.54, 1.807) is 30.2 Å². The number of nitrogens with zero attached hydrogens (tertiary/aromatic N) is 4. The van der Waals surface area contributed by atoms with Crippen LogP contribution in [0.3, 0.4) is 0 Å². The molecule has 0 saturated carbocycles. The maximum absolute atomic E-state index is 13.1. The van der Waals surface area contributed by atoms with Crippen molar-refractivity contribution in [2.45, 2.75) is 23.8 Å². The number of H-pyrrole nitrogens is 1. The van der Waals surface area contributed by atoms with E-state index >= 15 is 0 Å². The number of hydrogen-bond donors (Lipinski definition) is 3. The Morgan fingerprint density at radius 1 is 1.06 bits per heavy atom. The minimum absolute atomic E-state index is 0.296. The van der Waals surface area contributed by atoms with E-state index < -0.39 is 0 Å². The largest absolute Gasteiger partial charge is 0.341 e. The fourth-order valence-electron chi connectivity index (χ4n) is 3.56. The molecule has 34 heavy (non-hydrogen) atoms. The molecule has 0 fully saturated rings. The van der Waals surface area contributed by atoms with Gasteiger partial charge >= 0.3 is 0 Å². The van der Waals surface area contributed by atoms with Crippen LogP contribution in [0.4, 0.5) is 15.2 Å². The highest BCUT2D eigenvalue weighted by atomic mass is 32.2. The monoisotopic (exact) mass is 507 g/mol. The molecule has 0 amide bonds. The van der Waals surface area contributed by atoms with Gasteiger partial charge in [-0.05, 0) is 73.6 Å². The van der Waals surface area contributed by atoms with Crippen LogP contribution in [0.2, 0.25) is 0 Å². The normalized spacial score (nSPS) is 11.0. The van der Waals surface area contributed by atoms with Crippen LogP contribution in [-0.2, 0) is 0 Å². The van der Waals surface area contributed by atoms with Gasteiger partial charge in [0.2, 0.25) is 0 Å². The van der Waals surface area contributed by atoms with E-state index in [9.17, 15) is 4.39 Å². The van der Waals surface area contributed by atoms with Crippen LogP contribution in [-0.4, -0.2) is 30.0 Å². The second-order valence-electron chi connectivity index (χ2n) is 7.44. The Balaban J connectivity index is 1.33. The third-order valence-electron chi connectivity index (χ3n) is 4.99. The molecule has 0 spiro atoms. The average Bonchev–Trinajstić information content (AvgIpc) is 3.45. The minimum atomic E-state index is -0.296. The number of rotatable bonds is 5. The third-order valence-corrected chi connectivity index (χ3v) is 6.93. The summed E-state index contributed by atoms with van der Waals surface area (Å²) in [5.41, 5.74) is 6.36. The van der Waals surface area contributed by atoms with Crippen LogP contribution in [0, 0.1) is 19.7 Å². The van der Waals surface area contributed by atoms with Gasteiger partial charge in [0, 0.05) is 21.5 Å². The molecule has 0 aliphatic rings. The first kappa shape index (κ1) is 22.4. The maximum Gasteiger partial charge on any atom is 0.189 e. The molecule has 5 aromatic rings. The summed E-state index contributed by atoms with van der Waals surface area (Å²) in [4.78, 5) is 21.7. The molecular weight excluding hydrogens is 490 g/mol. The smallest absolute Gasteiger partial charge is 0.189 e. The van der Waals surface area contributed by atoms with Crippen molar-refractivity contribution in [3.63, 3.8) is 0 Å². The number of thiocarbonyl (C=S) groups is 1. The predicted molar refractivity (Wildman–Crippen MR) is 139 cm³/mol. The van der Waals surface area contributed by atoms with Crippen LogP contribution in [0.25, 0.3) is 22.4 Å². The molecule has 11 heteroatoms. The summed E-state index contributed by atoms with van der Waals surface area (Å²) < 4.78 is 13.1. The lowest BCUT2D eigenvalue weighted by Gasteiger charge is -2.11. The number of anilines is 2. The average molecular weight is 508 g/mol. The Kier molecular flexibility index (Phi) is 6.22. The number of aromatic nitrogens is 5. The zero-order valence-electron chi connectivity index (χ0n) is 18.1. The molecule has 0 saturated heterocycles. The number of nitrogens with one attached hydrogen (secondary N) is 3. The summed E-state index contributed by atoms with van der Waals surface area (Å²) in [6, 6.07) is 10.3. The van der Waals surface area contributed by atoms with Gasteiger partial charge in [-0.3, -0.25) is 0 Å². The summed E-state index contributed by atoms with van der Waals surface area (Å²) in [6.07, 6.45) is 3.15. The second kappa shape index (κ2) is 9.45. The van der Waals surface area contributed by atoms with Crippen molar-refractivity contribution in [1.29, 1.82) is 0 Å². The highest BCUT2D eigenvalue weighted by molar-refractivity contribution is 7.99. The fourth-order valence-corrected chi connectivity index (χ4v) is 5.59. The Labute approximate surface area is 208 Å². The number of aromatic amines is 1. The summed E-state index contributed by atoms with van der Waals surface area (Å²) >= 11 is 8.40. The zero-order chi connectivity index (χ0) is 23.7.